The molecule has 168 valence electrons. The largest absolute Gasteiger partial charge is 0.494 e. The molecule has 0 radical (unpaired) electrons. The number of hydrogen-bond donors (Lipinski definition) is 1. The third kappa shape index (κ3) is 6.23. The molecule has 0 bridgehead atoms. The molecular weight excluding hydrogens is 392 g/mol. The lowest BCUT2D eigenvalue weighted by Gasteiger charge is -2.21. The van der Waals surface area contributed by atoms with Gasteiger partial charge in [-0.05, 0) is 76.4 Å². The highest BCUT2D eigenvalue weighted by molar-refractivity contribution is 5.70. The Bertz CT molecular complexity index is 837. The summed E-state index contributed by atoms with van der Waals surface area (Å²) >= 11 is 0. The summed E-state index contributed by atoms with van der Waals surface area (Å²) < 4.78 is 13.1. The summed E-state index contributed by atoms with van der Waals surface area (Å²) in [4.78, 5) is 14.7. The Kier molecular flexibility index (Phi) is 7.46. The standard InChI is InChI=1S/C24H34N4O3/c1-19-18-23(31-24(29)25-20-8-3-2-4-9-20)26-28(19)21-10-12-22(13-11-21)30-17-7-16-27-14-5-6-15-27/h10-13,18,20H,2-9,14-17H2,1H3,(H,25,29). The summed E-state index contributed by atoms with van der Waals surface area (Å²) in [6.45, 7) is 6.24. The lowest BCUT2D eigenvalue weighted by Crippen LogP contribution is -2.38. The van der Waals surface area contributed by atoms with Crippen LogP contribution in [0.5, 0.6) is 11.6 Å². The number of carbonyl (C=O) groups is 1. The molecule has 2 heterocycles. The van der Waals surface area contributed by atoms with Gasteiger partial charge >= 0.3 is 6.09 Å². The van der Waals surface area contributed by atoms with E-state index in [2.05, 4.69) is 15.3 Å². The fraction of sp³-hybridized carbons (Fsp3) is 0.583. The van der Waals surface area contributed by atoms with E-state index in [-0.39, 0.29) is 6.04 Å². The van der Waals surface area contributed by atoms with Gasteiger partial charge in [0.05, 0.1) is 12.3 Å². The zero-order chi connectivity index (χ0) is 21.5. The van der Waals surface area contributed by atoms with Gasteiger partial charge in [0.15, 0.2) is 0 Å². The maximum atomic E-state index is 12.2. The Balaban J connectivity index is 1.26. The minimum absolute atomic E-state index is 0.215. The van der Waals surface area contributed by atoms with Gasteiger partial charge in [0.25, 0.3) is 0 Å². The predicted molar refractivity (Wildman–Crippen MR) is 120 cm³/mol. The van der Waals surface area contributed by atoms with E-state index < -0.39 is 6.09 Å². The third-order valence-electron chi connectivity index (χ3n) is 6.16. The second-order valence-corrected chi connectivity index (χ2v) is 8.65. The number of aromatic nitrogens is 2. The maximum Gasteiger partial charge on any atom is 0.414 e. The molecule has 7 heteroatoms. The number of ether oxygens (including phenoxy) is 2. The van der Waals surface area contributed by atoms with Crippen molar-refractivity contribution >= 4 is 6.09 Å². The van der Waals surface area contributed by atoms with Crippen LogP contribution in [0.25, 0.3) is 5.69 Å². The van der Waals surface area contributed by atoms with Gasteiger partial charge in [-0.2, -0.15) is 0 Å². The lowest BCUT2D eigenvalue weighted by atomic mass is 9.96. The van der Waals surface area contributed by atoms with Gasteiger partial charge in [0, 0.05) is 24.3 Å². The molecule has 0 unspecified atom stereocenters. The average molecular weight is 427 g/mol. The average Bonchev–Trinajstić information content (AvgIpc) is 3.42. The number of nitrogens with one attached hydrogen (secondary N) is 1. The highest BCUT2D eigenvalue weighted by Gasteiger charge is 2.18. The highest BCUT2D eigenvalue weighted by Crippen LogP contribution is 2.21. The van der Waals surface area contributed by atoms with Gasteiger partial charge in [-0.25, -0.2) is 9.48 Å². The first kappa shape index (κ1) is 21.7. The Morgan fingerprint density at radius 1 is 1.10 bits per heavy atom. The van der Waals surface area contributed by atoms with E-state index >= 15 is 0 Å². The monoisotopic (exact) mass is 426 g/mol. The molecule has 1 saturated carbocycles. The van der Waals surface area contributed by atoms with Gasteiger partial charge in [0.1, 0.15) is 5.75 Å². The summed E-state index contributed by atoms with van der Waals surface area (Å²) in [5.74, 6) is 1.17. The van der Waals surface area contributed by atoms with E-state index in [1.165, 1.54) is 32.4 Å². The van der Waals surface area contributed by atoms with Crippen molar-refractivity contribution in [3.63, 3.8) is 0 Å². The normalized spacial score (nSPS) is 17.6. The van der Waals surface area contributed by atoms with Crippen LogP contribution in [0.3, 0.4) is 0 Å². The van der Waals surface area contributed by atoms with Gasteiger partial charge in [-0.3, -0.25) is 0 Å². The van der Waals surface area contributed by atoms with Gasteiger partial charge < -0.3 is 19.7 Å². The van der Waals surface area contributed by atoms with Gasteiger partial charge in [0.2, 0.25) is 5.88 Å². The molecular formula is C24H34N4O3. The Morgan fingerprint density at radius 3 is 2.58 bits per heavy atom. The molecule has 1 saturated heterocycles. The van der Waals surface area contributed by atoms with Crippen molar-refractivity contribution in [3.05, 3.63) is 36.0 Å². The predicted octanol–water partition coefficient (Wildman–Crippen LogP) is 4.47. The quantitative estimate of drug-likeness (QED) is 0.631. The van der Waals surface area contributed by atoms with E-state index in [4.69, 9.17) is 9.47 Å². The molecule has 1 N–H and O–H groups in total. The highest BCUT2D eigenvalue weighted by atomic mass is 16.6. The minimum atomic E-state index is -0.422. The Hall–Kier alpha value is -2.54. The van der Waals surface area contributed by atoms with Gasteiger partial charge in [-0.15, -0.1) is 5.10 Å². The van der Waals surface area contributed by atoms with Crippen molar-refractivity contribution in [1.29, 1.82) is 0 Å². The first-order valence-electron chi connectivity index (χ1n) is 11.7. The van der Waals surface area contributed by atoms with Gasteiger partial charge in [-0.1, -0.05) is 19.3 Å². The number of carbonyl (C=O) groups excluding carboxylic acids is 1. The SMILES string of the molecule is Cc1cc(OC(=O)NC2CCCCC2)nn1-c1ccc(OCCCN2CCCC2)cc1. The topological polar surface area (TPSA) is 68.6 Å². The van der Waals surface area contributed by atoms with E-state index in [9.17, 15) is 4.79 Å². The minimum Gasteiger partial charge on any atom is -0.494 e. The lowest BCUT2D eigenvalue weighted by molar-refractivity contribution is 0.190. The molecule has 1 aromatic carbocycles. The summed E-state index contributed by atoms with van der Waals surface area (Å²) in [6.07, 6.45) is 8.90. The van der Waals surface area contributed by atoms with Crippen molar-refractivity contribution in [1.82, 2.24) is 20.0 Å². The maximum absolute atomic E-state index is 12.2. The summed E-state index contributed by atoms with van der Waals surface area (Å²) in [5, 5.41) is 7.40. The number of aryl methyl sites for hydroxylation is 1. The van der Waals surface area contributed by atoms with Crippen molar-refractivity contribution in [2.24, 2.45) is 0 Å². The van der Waals surface area contributed by atoms with Crippen LogP contribution >= 0.6 is 0 Å². The van der Waals surface area contributed by atoms with Crippen LogP contribution in [-0.4, -0.2) is 53.1 Å². The number of amides is 1. The molecule has 2 aliphatic rings. The van der Waals surface area contributed by atoms with Crippen molar-refractivity contribution in [2.75, 3.05) is 26.2 Å². The number of nitrogens with zero attached hydrogens (tertiary/aromatic N) is 3. The molecule has 4 rings (SSSR count). The second kappa shape index (κ2) is 10.7. The zero-order valence-corrected chi connectivity index (χ0v) is 18.5. The number of hydrogen-bond acceptors (Lipinski definition) is 5. The molecule has 1 aromatic heterocycles. The molecule has 0 atom stereocenters. The molecule has 1 aliphatic carbocycles. The smallest absolute Gasteiger partial charge is 0.414 e. The van der Waals surface area contributed by atoms with Crippen LogP contribution in [0.4, 0.5) is 4.79 Å². The first-order chi connectivity index (χ1) is 15.2. The van der Waals surface area contributed by atoms with E-state index in [1.807, 2.05) is 31.2 Å². The second-order valence-electron chi connectivity index (χ2n) is 8.65. The summed E-state index contributed by atoms with van der Waals surface area (Å²) in [5.41, 5.74) is 1.81. The molecule has 1 amide bonds. The fourth-order valence-corrected chi connectivity index (χ4v) is 4.46. The molecule has 1 aliphatic heterocycles. The Morgan fingerprint density at radius 2 is 1.84 bits per heavy atom. The Labute approximate surface area is 184 Å². The molecule has 7 nitrogen and oxygen atoms in total. The number of benzene rings is 1. The van der Waals surface area contributed by atoms with Crippen LogP contribution in [0.15, 0.2) is 30.3 Å². The van der Waals surface area contributed by atoms with E-state index in [1.54, 1.807) is 10.7 Å². The van der Waals surface area contributed by atoms with Crippen LogP contribution in [0.1, 0.15) is 57.1 Å². The fourth-order valence-electron chi connectivity index (χ4n) is 4.46. The molecule has 2 aromatic rings. The van der Waals surface area contributed by atoms with Crippen LogP contribution < -0.4 is 14.8 Å². The number of likely N-dealkylation sites (tertiary alicyclic amines) is 1. The molecule has 2 fully saturated rings. The molecule has 31 heavy (non-hydrogen) atoms. The first-order valence-corrected chi connectivity index (χ1v) is 11.7. The van der Waals surface area contributed by atoms with E-state index in [0.717, 1.165) is 62.4 Å². The summed E-state index contributed by atoms with van der Waals surface area (Å²) in [7, 11) is 0. The number of rotatable bonds is 8. The zero-order valence-electron chi connectivity index (χ0n) is 18.5. The molecule has 0 spiro atoms. The van der Waals surface area contributed by atoms with Crippen molar-refractivity contribution in [2.45, 2.75) is 64.3 Å². The van der Waals surface area contributed by atoms with Crippen molar-refractivity contribution < 1.29 is 14.3 Å². The van der Waals surface area contributed by atoms with Crippen LogP contribution in [0.2, 0.25) is 0 Å². The third-order valence-corrected chi connectivity index (χ3v) is 6.16. The van der Waals surface area contributed by atoms with Crippen LogP contribution in [0, 0.1) is 6.92 Å². The van der Waals surface area contributed by atoms with Crippen LogP contribution in [-0.2, 0) is 0 Å². The van der Waals surface area contributed by atoms with Crippen molar-refractivity contribution in [3.8, 4) is 17.3 Å². The van der Waals surface area contributed by atoms with E-state index in [0.29, 0.717) is 5.88 Å². The summed E-state index contributed by atoms with van der Waals surface area (Å²) in [6, 6.07) is 9.87.